The van der Waals surface area contributed by atoms with E-state index in [1.165, 1.54) is 0 Å². The topological polar surface area (TPSA) is 83.8 Å². The number of halogens is 3. The lowest BCUT2D eigenvalue weighted by Crippen LogP contribution is -2.50. The summed E-state index contributed by atoms with van der Waals surface area (Å²) in [5, 5.41) is 11.2. The number of anilines is 1. The molecule has 0 aromatic heterocycles. The SMILES string of the molecule is O=[N+]([O-])c1cc(C(F)(F)F)ccc1N1CCN(C2CCS(=O)(=O)C2)CC1. The Hall–Kier alpha value is -1.88. The Labute approximate surface area is 148 Å². The fraction of sp³-hybridized carbons (Fsp3) is 0.600. The van der Waals surface area contributed by atoms with Crippen LogP contribution in [0.25, 0.3) is 0 Å². The molecule has 7 nitrogen and oxygen atoms in total. The largest absolute Gasteiger partial charge is 0.416 e. The number of sulfone groups is 1. The van der Waals surface area contributed by atoms with Gasteiger partial charge in [-0.15, -0.1) is 0 Å². The maximum atomic E-state index is 12.8. The van der Waals surface area contributed by atoms with Crippen molar-refractivity contribution in [3.63, 3.8) is 0 Å². The van der Waals surface area contributed by atoms with E-state index in [1.807, 2.05) is 4.90 Å². The van der Waals surface area contributed by atoms with Gasteiger partial charge in [-0.1, -0.05) is 0 Å². The van der Waals surface area contributed by atoms with Crippen LogP contribution in [0.15, 0.2) is 18.2 Å². The van der Waals surface area contributed by atoms with Crippen LogP contribution < -0.4 is 4.90 Å². The summed E-state index contributed by atoms with van der Waals surface area (Å²) < 4.78 is 61.6. The summed E-state index contributed by atoms with van der Waals surface area (Å²) >= 11 is 0. The predicted molar refractivity (Wildman–Crippen MR) is 88.9 cm³/mol. The number of nitro benzene ring substituents is 1. The van der Waals surface area contributed by atoms with Gasteiger partial charge in [-0.05, 0) is 18.6 Å². The Kier molecular flexibility index (Phi) is 4.86. The third kappa shape index (κ3) is 3.93. The van der Waals surface area contributed by atoms with Crippen LogP contribution in [0, 0.1) is 10.1 Å². The minimum absolute atomic E-state index is 0.0512. The van der Waals surface area contributed by atoms with Crippen LogP contribution in [0.4, 0.5) is 24.5 Å². The lowest BCUT2D eigenvalue weighted by atomic mass is 10.1. The summed E-state index contributed by atoms with van der Waals surface area (Å²) in [6.07, 6.45) is -4.07. The molecular formula is C15H18F3N3O4S. The number of hydrogen-bond acceptors (Lipinski definition) is 6. The van der Waals surface area contributed by atoms with Gasteiger partial charge in [0.05, 0.1) is 22.0 Å². The van der Waals surface area contributed by atoms with Crippen molar-refractivity contribution in [2.75, 3.05) is 42.6 Å². The van der Waals surface area contributed by atoms with Gasteiger partial charge in [0.1, 0.15) is 5.69 Å². The van der Waals surface area contributed by atoms with Crippen molar-refractivity contribution in [3.8, 4) is 0 Å². The first-order chi connectivity index (χ1) is 12.1. The zero-order valence-corrected chi connectivity index (χ0v) is 14.6. The van der Waals surface area contributed by atoms with Gasteiger partial charge in [-0.3, -0.25) is 15.0 Å². The lowest BCUT2D eigenvalue weighted by Gasteiger charge is -2.38. The molecule has 2 aliphatic heterocycles. The fourth-order valence-electron chi connectivity index (χ4n) is 3.50. The van der Waals surface area contributed by atoms with Crippen LogP contribution in [-0.4, -0.2) is 62.0 Å². The molecule has 0 aliphatic carbocycles. The van der Waals surface area contributed by atoms with E-state index in [4.69, 9.17) is 0 Å². The highest BCUT2D eigenvalue weighted by molar-refractivity contribution is 7.91. The molecule has 2 saturated heterocycles. The molecule has 144 valence electrons. The van der Waals surface area contributed by atoms with Crippen LogP contribution in [0.3, 0.4) is 0 Å². The number of piperazine rings is 1. The molecular weight excluding hydrogens is 375 g/mol. The zero-order valence-electron chi connectivity index (χ0n) is 13.8. The Morgan fingerprint density at radius 3 is 2.31 bits per heavy atom. The summed E-state index contributed by atoms with van der Waals surface area (Å²) in [6.45, 7) is 1.81. The monoisotopic (exact) mass is 393 g/mol. The number of hydrogen-bond donors (Lipinski definition) is 0. The van der Waals surface area contributed by atoms with E-state index >= 15 is 0 Å². The smallest absolute Gasteiger partial charge is 0.363 e. The minimum Gasteiger partial charge on any atom is -0.363 e. The van der Waals surface area contributed by atoms with Crippen LogP contribution in [0.5, 0.6) is 0 Å². The number of alkyl halides is 3. The van der Waals surface area contributed by atoms with Crippen molar-refractivity contribution >= 4 is 21.2 Å². The molecule has 1 unspecified atom stereocenters. The van der Waals surface area contributed by atoms with Crippen LogP contribution in [0.2, 0.25) is 0 Å². The molecule has 0 radical (unpaired) electrons. The first-order valence-electron chi connectivity index (χ1n) is 8.12. The van der Waals surface area contributed by atoms with Crippen molar-refractivity contribution in [1.82, 2.24) is 4.90 Å². The van der Waals surface area contributed by atoms with Crippen LogP contribution in [-0.2, 0) is 16.0 Å². The van der Waals surface area contributed by atoms with Gasteiger partial charge in [0.15, 0.2) is 9.84 Å². The molecule has 0 saturated carbocycles. The van der Waals surface area contributed by atoms with Crippen molar-refractivity contribution in [3.05, 3.63) is 33.9 Å². The highest BCUT2D eigenvalue weighted by Gasteiger charge is 2.36. The van der Waals surface area contributed by atoms with Crippen molar-refractivity contribution in [2.24, 2.45) is 0 Å². The summed E-state index contributed by atoms with van der Waals surface area (Å²) in [5.74, 6) is 0.287. The van der Waals surface area contributed by atoms with Crippen molar-refractivity contribution in [2.45, 2.75) is 18.6 Å². The molecule has 0 bridgehead atoms. The molecule has 2 heterocycles. The van der Waals surface area contributed by atoms with E-state index in [9.17, 15) is 31.7 Å². The van der Waals surface area contributed by atoms with Gasteiger partial charge in [0, 0.05) is 38.3 Å². The highest BCUT2D eigenvalue weighted by Crippen LogP contribution is 2.37. The third-order valence-electron chi connectivity index (χ3n) is 4.88. The molecule has 0 N–H and O–H groups in total. The second-order valence-corrected chi connectivity index (χ2v) is 8.77. The standard InChI is InChI=1S/C15H18F3N3O4S/c16-15(17,18)11-1-2-13(14(9-11)21(22)23)20-6-4-19(5-7-20)12-3-8-26(24,25)10-12/h1-2,9,12H,3-8,10H2. The van der Waals surface area contributed by atoms with E-state index in [-0.39, 0.29) is 23.2 Å². The summed E-state index contributed by atoms with van der Waals surface area (Å²) in [5.41, 5.74) is -1.47. The van der Waals surface area contributed by atoms with E-state index in [1.54, 1.807) is 4.90 Å². The first-order valence-corrected chi connectivity index (χ1v) is 9.94. The summed E-state index contributed by atoms with van der Waals surface area (Å²) in [7, 11) is -3.00. The Balaban J connectivity index is 1.74. The normalized spacial score (nSPS) is 24.0. The van der Waals surface area contributed by atoms with Gasteiger partial charge in [-0.25, -0.2) is 8.42 Å². The van der Waals surface area contributed by atoms with E-state index in [0.29, 0.717) is 38.7 Å². The number of rotatable bonds is 3. The minimum atomic E-state index is -4.64. The second kappa shape index (κ2) is 6.69. The van der Waals surface area contributed by atoms with Gasteiger partial charge >= 0.3 is 6.18 Å². The molecule has 2 aliphatic rings. The van der Waals surface area contributed by atoms with Gasteiger partial charge in [0.25, 0.3) is 5.69 Å². The Bertz CT molecular complexity index is 805. The van der Waals surface area contributed by atoms with Gasteiger partial charge in [0.2, 0.25) is 0 Å². The van der Waals surface area contributed by atoms with Gasteiger partial charge < -0.3 is 4.90 Å². The molecule has 11 heteroatoms. The average Bonchev–Trinajstić information content (AvgIpc) is 2.93. The maximum Gasteiger partial charge on any atom is 0.416 e. The first kappa shape index (κ1) is 18.9. The number of nitrogens with zero attached hydrogens (tertiary/aromatic N) is 3. The molecule has 1 aromatic carbocycles. The zero-order chi connectivity index (χ0) is 19.1. The molecule has 1 atom stereocenters. The maximum absolute atomic E-state index is 12.8. The quantitative estimate of drug-likeness (QED) is 0.576. The van der Waals surface area contributed by atoms with Crippen molar-refractivity contribution < 1.29 is 26.5 Å². The predicted octanol–water partition coefficient (Wildman–Crippen LogP) is 1.92. The Morgan fingerprint density at radius 1 is 1.15 bits per heavy atom. The van der Waals surface area contributed by atoms with Crippen LogP contribution >= 0.6 is 0 Å². The van der Waals surface area contributed by atoms with Crippen LogP contribution in [0.1, 0.15) is 12.0 Å². The summed E-state index contributed by atoms with van der Waals surface area (Å²) in [4.78, 5) is 14.1. The van der Waals surface area contributed by atoms with E-state index in [2.05, 4.69) is 0 Å². The van der Waals surface area contributed by atoms with E-state index in [0.717, 1.165) is 12.1 Å². The number of nitro groups is 1. The third-order valence-corrected chi connectivity index (χ3v) is 6.63. The molecule has 0 amide bonds. The molecule has 1 aromatic rings. The second-order valence-electron chi connectivity index (χ2n) is 6.54. The molecule has 26 heavy (non-hydrogen) atoms. The number of benzene rings is 1. The molecule has 2 fully saturated rings. The highest BCUT2D eigenvalue weighted by atomic mass is 32.2. The van der Waals surface area contributed by atoms with Gasteiger partial charge in [-0.2, -0.15) is 13.2 Å². The van der Waals surface area contributed by atoms with E-state index < -0.39 is 32.2 Å². The molecule has 3 rings (SSSR count). The molecule has 0 spiro atoms. The Morgan fingerprint density at radius 2 is 1.81 bits per heavy atom. The average molecular weight is 393 g/mol. The fourth-order valence-corrected chi connectivity index (χ4v) is 5.27. The lowest BCUT2D eigenvalue weighted by molar-refractivity contribution is -0.384. The summed E-state index contributed by atoms with van der Waals surface area (Å²) in [6, 6.07) is 2.49. The van der Waals surface area contributed by atoms with Crippen molar-refractivity contribution in [1.29, 1.82) is 0 Å².